The average molecular weight is 127 g/mol. The highest BCUT2D eigenvalue weighted by molar-refractivity contribution is 5.75. The number of likely N-dealkylation sites (tertiary alicyclic amines) is 1. The van der Waals surface area contributed by atoms with Gasteiger partial charge in [-0.1, -0.05) is 0 Å². The molecule has 1 aliphatic rings. The van der Waals surface area contributed by atoms with Crippen LogP contribution in [0.5, 0.6) is 0 Å². The zero-order chi connectivity index (χ0) is 6.85. The first-order valence-corrected chi connectivity index (χ1v) is 3.47. The molecule has 1 fully saturated rings. The van der Waals surface area contributed by atoms with Gasteiger partial charge in [-0.15, -0.1) is 0 Å². The SMILES string of the molecule is CC(N1CCC1)=[N+](C)C. The van der Waals surface area contributed by atoms with E-state index in [0.29, 0.717) is 0 Å². The van der Waals surface area contributed by atoms with E-state index in [4.69, 9.17) is 0 Å². The van der Waals surface area contributed by atoms with E-state index >= 15 is 0 Å². The van der Waals surface area contributed by atoms with Crippen molar-refractivity contribution < 1.29 is 4.58 Å². The summed E-state index contributed by atoms with van der Waals surface area (Å²) in [6.07, 6.45) is 1.37. The first-order valence-electron chi connectivity index (χ1n) is 3.47. The van der Waals surface area contributed by atoms with Crippen molar-refractivity contribution in [3.05, 3.63) is 0 Å². The Kier molecular flexibility index (Phi) is 1.74. The third kappa shape index (κ3) is 1.23. The lowest BCUT2D eigenvalue weighted by Crippen LogP contribution is -2.43. The van der Waals surface area contributed by atoms with Gasteiger partial charge in [0.05, 0.1) is 27.2 Å². The van der Waals surface area contributed by atoms with Gasteiger partial charge in [-0.3, -0.25) is 9.48 Å². The molecule has 1 saturated heterocycles. The van der Waals surface area contributed by atoms with Crippen molar-refractivity contribution in [2.45, 2.75) is 13.3 Å². The Balaban J connectivity index is 2.50. The highest BCUT2D eigenvalue weighted by Crippen LogP contribution is 2.05. The summed E-state index contributed by atoms with van der Waals surface area (Å²) < 4.78 is 2.17. The van der Waals surface area contributed by atoms with E-state index in [-0.39, 0.29) is 0 Å². The van der Waals surface area contributed by atoms with E-state index in [1.165, 1.54) is 25.3 Å². The second-order valence-corrected chi connectivity index (χ2v) is 2.78. The maximum Gasteiger partial charge on any atom is 0.243 e. The van der Waals surface area contributed by atoms with Crippen LogP contribution in [-0.4, -0.2) is 42.5 Å². The molecular formula is C7H15N2+. The topological polar surface area (TPSA) is 6.25 Å². The normalized spacial score (nSPS) is 17.0. The largest absolute Gasteiger partial charge is 0.271 e. The van der Waals surface area contributed by atoms with Gasteiger partial charge in [-0.2, -0.15) is 0 Å². The smallest absolute Gasteiger partial charge is 0.243 e. The number of hydrogen-bond acceptors (Lipinski definition) is 0. The average Bonchev–Trinajstić information content (AvgIpc) is 1.60. The van der Waals surface area contributed by atoms with Crippen molar-refractivity contribution >= 4 is 5.84 Å². The third-order valence-electron chi connectivity index (χ3n) is 1.96. The van der Waals surface area contributed by atoms with E-state index in [9.17, 15) is 0 Å². The summed E-state index contributed by atoms with van der Waals surface area (Å²) in [5.74, 6) is 1.39. The van der Waals surface area contributed by atoms with Crippen LogP contribution >= 0.6 is 0 Å². The summed E-state index contributed by atoms with van der Waals surface area (Å²) in [6.45, 7) is 4.67. The minimum atomic E-state index is 1.25. The van der Waals surface area contributed by atoms with Crippen LogP contribution in [0.3, 0.4) is 0 Å². The molecule has 2 heteroatoms. The minimum absolute atomic E-state index is 1.25. The number of rotatable bonds is 0. The van der Waals surface area contributed by atoms with E-state index < -0.39 is 0 Å². The quantitative estimate of drug-likeness (QED) is 0.259. The Labute approximate surface area is 56.8 Å². The Morgan fingerprint density at radius 1 is 1.33 bits per heavy atom. The molecule has 0 spiro atoms. The fraction of sp³-hybridized carbons (Fsp3) is 0.857. The lowest BCUT2D eigenvalue weighted by atomic mass is 10.2. The summed E-state index contributed by atoms with van der Waals surface area (Å²) in [4.78, 5) is 2.39. The van der Waals surface area contributed by atoms with Gasteiger partial charge < -0.3 is 0 Å². The second-order valence-electron chi connectivity index (χ2n) is 2.78. The summed E-state index contributed by atoms with van der Waals surface area (Å²) in [6, 6.07) is 0. The van der Waals surface area contributed by atoms with Crippen LogP contribution in [-0.2, 0) is 0 Å². The molecule has 0 atom stereocenters. The van der Waals surface area contributed by atoms with E-state index in [2.05, 4.69) is 30.5 Å². The molecule has 1 aliphatic heterocycles. The molecule has 0 aliphatic carbocycles. The Hall–Kier alpha value is -0.530. The van der Waals surface area contributed by atoms with Crippen molar-refractivity contribution in [1.29, 1.82) is 0 Å². The molecular weight excluding hydrogens is 112 g/mol. The molecule has 0 aromatic carbocycles. The monoisotopic (exact) mass is 127 g/mol. The van der Waals surface area contributed by atoms with Crippen molar-refractivity contribution in [2.24, 2.45) is 0 Å². The molecule has 0 saturated carbocycles. The Bertz CT molecular complexity index is 130. The molecule has 0 aromatic rings. The van der Waals surface area contributed by atoms with Gasteiger partial charge in [-0.25, -0.2) is 0 Å². The highest BCUT2D eigenvalue weighted by Gasteiger charge is 2.22. The fourth-order valence-corrected chi connectivity index (χ4v) is 0.923. The van der Waals surface area contributed by atoms with Gasteiger partial charge in [-0.05, 0) is 0 Å². The first-order chi connectivity index (χ1) is 4.22. The van der Waals surface area contributed by atoms with Crippen LogP contribution < -0.4 is 0 Å². The molecule has 0 bridgehead atoms. The molecule has 52 valence electrons. The lowest BCUT2D eigenvalue weighted by molar-refractivity contribution is -0.471. The number of amidine groups is 1. The van der Waals surface area contributed by atoms with Gasteiger partial charge >= 0.3 is 0 Å². The van der Waals surface area contributed by atoms with Crippen molar-refractivity contribution in [3.63, 3.8) is 0 Å². The maximum atomic E-state index is 2.39. The zero-order valence-corrected chi connectivity index (χ0v) is 6.52. The van der Waals surface area contributed by atoms with Gasteiger partial charge in [0.15, 0.2) is 0 Å². The van der Waals surface area contributed by atoms with Crippen LogP contribution in [0, 0.1) is 0 Å². The predicted octanol–water partition coefficient (Wildman–Crippen LogP) is 0.383. The predicted molar refractivity (Wildman–Crippen MR) is 39.0 cm³/mol. The summed E-state index contributed by atoms with van der Waals surface area (Å²) in [5.41, 5.74) is 0. The van der Waals surface area contributed by atoms with Gasteiger partial charge in [0.25, 0.3) is 0 Å². The third-order valence-corrected chi connectivity index (χ3v) is 1.96. The molecule has 2 nitrogen and oxygen atoms in total. The summed E-state index contributed by atoms with van der Waals surface area (Å²) >= 11 is 0. The van der Waals surface area contributed by atoms with Gasteiger partial charge in [0.1, 0.15) is 0 Å². The molecule has 0 aromatic heterocycles. The van der Waals surface area contributed by atoms with E-state index in [0.717, 1.165) is 0 Å². The second kappa shape index (κ2) is 2.38. The summed E-state index contributed by atoms with van der Waals surface area (Å²) in [5, 5.41) is 0. The van der Waals surface area contributed by atoms with E-state index in [1.54, 1.807) is 0 Å². The summed E-state index contributed by atoms with van der Waals surface area (Å²) in [7, 11) is 4.18. The van der Waals surface area contributed by atoms with Crippen LogP contribution in [0.2, 0.25) is 0 Å². The van der Waals surface area contributed by atoms with Gasteiger partial charge in [0, 0.05) is 13.3 Å². The fourth-order valence-electron chi connectivity index (χ4n) is 0.923. The van der Waals surface area contributed by atoms with Crippen LogP contribution in [0.15, 0.2) is 0 Å². The van der Waals surface area contributed by atoms with Crippen LogP contribution in [0.1, 0.15) is 13.3 Å². The highest BCUT2D eigenvalue weighted by atomic mass is 15.2. The molecule has 1 heterocycles. The standard InChI is InChI=1S/C7H15N2/c1-7(8(2)3)9-5-4-6-9/h4-6H2,1-3H3/q+1. The van der Waals surface area contributed by atoms with Crippen LogP contribution in [0.4, 0.5) is 0 Å². The van der Waals surface area contributed by atoms with Gasteiger partial charge in [0.2, 0.25) is 5.84 Å². The zero-order valence-electron chi connectivity index (χ0n) is 6.52. The van der Waals surface area contributed by atoms with Crippen LogP contribution in [0.25, 0.3) is 0 Å². The molecule has 9 heavy (non-hydrogen) atoms. The number of hydrogen-bond donors (Lipinski definition) is 0. The van der Waals surface area contributed by atoms with Crippen molar-refractivity contribution in [1.82, 2.24) is 4.90 Å². The Morgan fingerprint density at radius 2 is 1.89 bits per heavy atom. The molecule has 0 radical (unpaired) electrons. The lowest BCUT2D eigenvalue weighted by Gasteiger charge is -2.25. The van der Waals surface area contributed by atoms with E-state index in [1.807, 2.05) is 0 Å². The van der Waals surface area contributed by atoms with Crippen molar-refractivity contribution in [2.75, 3.05) is 27.2 Å². The first kappa shape index (κ1) is 6.59. The minimum Gasteiger partial charge on any atom is -0.271 e. The van der Waals surface area contributed by atoms with Crippen molar-refractivity contribution in [3.8, 4) is 0 Å². The molecule has 1 rings (SSSR count). The molecule has 0 amide bonds. The Morgan fingerprint density at radius 3 is 2.00 bits per heavy atom. The number of nitrogens with zero attached hydrogens (tertiary/aromatic N) is 2. The molecule has 0 unspecified atom stereocenters. The molecule has 0 N–H and O–H groups in total. The maximum absolute atomic E-state index is 2.39.